The molecule has 33 heavy (non-hydrogen) atoms. The fourth-order valence-corrected chi connectivity index (χ4v) is 4.77. The van der Waals surface area contributed by atoms with Gasteiger partial charge in [0, 0.05) is 17.5 Å². The number of nitrogens with one attached hydrogen (secondary N) is 2. The lowest BCUT2D eigenvalue weighted by molar-refractivity contribution is 0.296. The molecule has 0 unspecified atom stereocenters. The fourth-order valence-electron chi connectivity index (χ4n) is 4.77. The first-order chi connectivity index (χ1) is 15.7. The lowest BCUT2D eigenvalue weighted by Crippen LogP contribution is -2.29. The lowest BCUT2D eigenvalue weighted by atomic mass is 9.96. The molecular weight excluding hydrogens is 441 g/mol. The summed E-state index contributed by atoms with van der Waals surface area (Å²) in [7, 11) is 0. The van der Waals surface area contributed by atoms with Crippen molar-refractivity contribution in [1.29, 1.82) is 0 Å². The largest absolute Gasteiger partial charge is 0.485 e. The molecule has 0 spiro atoms. The summed E-state index contributed by atoms with van der Waals surface area (Å²) in [5.74, 6) is 1.68. The molecule has 0 aliphatic heterocycles. The van der Waals surface area contributed by atoms with E-state index in [-0.39, 0.29) is 24.3 Å². The molecule has 4 aromatic rings. The number of ether oxygens (including phenoxy) is 1. The highest BCUT2D eigenvalue weighted by atomic mass is 35.5. The lowest BCUT2D eigenvalue weighted by Gasteiger charge is -2.22. The summed E-state index contributed by atoms with van der Waals surface area (Å²) in [6.07, 6.45) is 3.37. The summed E-state index contributed by atoms with van der Waals surface area (Å²) in [4.78, 5) is 0. The Hall–Kier alpha value is -3.03. The zero-order valence-electron chi connectivity index (χ0n) is 18.4. The zero-order valence-corrected chi connectivity index (χ0v) is 19.2. The molecule has 5 rings (SSSR count). The van der Waals surface area contributed by atoms with Gasteiger partial charge in [-0.3, -0.25) is 0 Å². The quantitative estimate of drug-likeness (QED) is 0.376. The number of tetrazole rings is 1. The molecule has 1 saturated carbocycles. The first-order valence-corrected chi connectivity index (χ1v) is 11.1. The van der Waals surface area contributed by atoms with Gasteiger partial charge in [0.05, 0.1) is 0 Å². The molecule has 0 amide bonds. The van der Waals surface area contributed by atoms with Gasteiger partial charge >= 0.3 is 0 Å². The number of aromatic amines is 1. The summed E-state index contributed by atoms with van der Waals surface area (Å²) in [6, 6.07) is 20.1. The summed E-state index contributed by atoms with van der Waals surface area (Å²) in [5.41, 5.74) is 2.48. The molecule has 1 aromatic heterocycles. The summed E-state index contributed by atoms with van der Waals surface area (Å²) in [5, 5.41) is 19.2. The fraction of sp³-hybridized carbons (Fsp3) is 0.320. The molecule has 0 bridgehead atoms. The third kappa shape index (κ3) is 5.15. The predicted molar refractivity (Wildman–Crippen MR) is 128 cm³/mol. The van der Waals surface area contributed by atoms with Crippen LogP contribution in [0.5, 0.6) is 5.75 Å². The second-order valence-electron chi connectivity index (χ2n) is 8.46. The minimum atomic E-state index is -0.165. The van der Waals surface area contributed by atoms with Gasteiger partial charge in [0.1, 0.15) is 11.6 Å². The summed E-state index contributed by atoms with van der Waals surface area (Å²) >= 11 is 0. The summed E-state index contributed by atoms with van der Waals surface area (Å²) < 4.78 is 19.9. The van der Waals surface area contributed by atoms with Gasteiger partial charge in [-0.25, -0.2) is 4.39 Å². The first-order valence-electron chi connectivity index (χ1n) is 11.1. The van der Waals surface area contributed by atoms with Crippen molar-refractivity contribution in [2.45, 2.75) is 50.8 Å². The van der Waals surface area contributed by atoms with E-state index in [4.69, 9.17) is 4.74 Å². The van der Waals surface area contributed by atoms with Crippen LogP contribution in [0.1, 0.15) is 55.1 Å². The SMILES string of the molecule is C[C@@H](N[C@H]1CC[C@@H](c2ccc(OCc3nn[nH]n3)cc2)C1)c1ccc(F)c2ccccc12.Cl. The average molecular weight is 468 g/mol. The van der Waals surface area contributed by atoms with Crippen molar-refractivity contribution in [3.8, 4) is 5.75 Å². The maximum Gasteiger partial charge on any atom is 0.211 e. The smallest absolute Gasteiger partial charge is 0.211 e. The third-order valence-electron chi connectivity index (χ3n) is 6.40. The summed E-state index contributed by atoms with van der Waals surface area (Å²) in [6.45, 7) is 2.46. The zero-order chi connectivity index (χ0) is 21.9. The van der Waals surface area contributed by atoms with E-state index in [0.29, 0.717) is 29.8 Å². The van der Waals surface area contributed by atoms with Crippen LogP contribution in [0.2, 0.25) is 0 Å². The van der Waals surface area contributed by atoms with E-state index in [2.05, 4.69) is 45.0 Å². The van der Waals surface area contributed by atoms with Crippen molar-refractivity contribution in [3.05, 3.63) is 83.4 Å². The van der Waals surface area contributed by atoms with E-state index in [1.807, 2.05) is 42.5 Å². The molecule has 1 fully saturated rings. The Labute approximate surface area is 198 Å². The molecule has 6 nitrogen and oxygen atoms in total. The molecule has 3 atom stereocenters. The standard InChI is InChI=1S/C25H26FN5O.ClH/c1-16(21-12-13-24(26)23-5-3-2-4-22(21)23)27-19-9-6-18(14-19)17-7-10-20(11-8-17)32-15-25-28-30-31-29-25;/h2-5,7-8,10-13,16,18-19,27H,6,9,14-15H2,1H3,(H,28,29,30,31);1H/t16-,18-,19+;/m1./s1. The van der Waals surface area contributed by atoms with Crippen molar-refractivity contribution in [1.82, 2.24) is 25.9 Å². The van der Waals surface area contributed by atoms with Gasteiger partial charge in [0.2, 0.25) is 5.82 Å². The first kappa shape index (κ1) is 23.1. The van der Waals surface area contributed by atoms with Crippen LogP contribution in [0.25, 0.3) is 10.8 Å². The van der Waals surface area contributed by atoms with Gasteiger partial charge in [0.15, 0.2) is 6.61 Å². The van der Waals surface area contributed by atoms with Crippen LogP contribution in [-0.4, -0.2) is 26.7 Å². The molecule has 1 heterocycles. The van der Waals surface area contributed by atoms with Crippen LogP contribution < -0.4 is 10.1 Å². The van der Waals surface area contributed by atoms with Crippen molar-refractivity contribution >= 4 is 23.2 Å². The van der Waals surface area contributed by atoms with E-state index >= 15 is 0 Å². The maximum absolute atomic E-state index is 14.2. The Kier molecular flexibility index (Phi) is 7.20. The molecule has 1 aliphatic carbocycles. The number of fused-ring (bicyclic) bond motifs is 1. The Balaban J connectivity index is 0.00000259. The molecule has 0 saturated heterocycles. The Morgan fingerprint density at radius 3 is 2.61 bits per heavy atom. The third-order valence-corrected chi connectivity index (χ3v) is 6.40. The van der Waals surface area contributed by atoms with E-state index in [0.717, 1.165) is 36.0 Å². The highest BCUT2D eigenvalue weighted by molar-refractivity contribution is 5.86. The van der Waals surface area contributed by atoms with Gasteiger partial charge in [0.25, 0.3) is 0 Å². The van der Waals surface area contributed by atoms with Crippen LogP contribution in [0.4, 0.5) is 4.39 Å². The van der Waals surface area contributed by atoms with Crippen LogP contribution in [0.3, 0.4) is 0 Å². The number of nitrogens with zero attached hydrogens (tertiary/aromatic N) is 3. The molecule has 2 N–H and O–H groups in total. The van der Waals surface area contributed by atoms with Crippen LogP contribution in [-0.2, 0) is 6.61 Å². The molecular formula is C25H27ClFN5O. The maximum atomic E-state index is 14.2. The van der Waals surface area contributed by atoms with Gasteiger partial charge < -0.3 is 10.1 Å². The van der Waals surface area contributed by atoms with Crippen molar-refractivity contribution in [2.24, 2.45) is 0 Å². The molecule has 3 aromatic carbocycles. The van der Waals surface area contributed by atoms with Crippen molar-refractivity contribution in [3.63, 3.8) is 0 Å². The van der Waals surface area contributed by atoms with E-state index in [1.165, 1.54) is 5.56 Å². The number of benzene rings is 3. The Bertz CT molecular complexity index is 1190. The second kappa shape index (κ2) is 10.3. The van der Waals surface area contributed by atoms with E-state index in [1.54, 1.807) is 6.07 Å². The molecule has 1 aliphatic rings. The van der Waals surface area contributed by atoms with Crippen LogP contribution in [0, 0.1) is 5.82 Å². The van der Waals surface area contributed by atoms with E-state index in [9.17, 15) is 4.39 Å². The van der Waals surface area contributed by atoms with Crippen LogP contribution >= 0.6 is 12.4 Å². The highest BCUT2D eigenvalue weighted by Gasteiger charge is 2.27. The van der Waals surface area contributed by atoms with Gasteiger partial charge in [-0.2, -0.15) is 5.21 Å². The topological polar surface area (TPSA) is 75.7 Å². The Morgan fingerprint density at radius 2 is 1.85 bits per heavy atom. The average Bonchev–Trinajstić information content (AvgIpc) is 3.51. The second-order valence-corrected chi connectivity index (χ2v) is 8.46. The molecule has 8 heteroatoms. The number of rotatable bonds is 7. The number of halogens is 2. The monoisotopic (exact) mass is 467 g/mol. The van der Waals surface area contributed by atoms with Crippen LogP contribution in [0.15, 0.2) is 60.7 Å². The van der Waals surface area contributed by atoms with Crippen molar-refractivity contribution < 1.29 is 9.13 Å². The predicted octanol–water partition coefficient (Wildman–Crippen LogP) is 5.48. The molecule has 0 radical (unpaired) electrons. The normalized spacial score (nSPS) is 18.7. The highest BCUT2D eigenvalue weighted by Crippen LogP contribution is 2.36. The Morgan fingerprint density at radius 1 is 1.06 bits per heavy atom. The number of aromatic nitrogens is 4. The number of hydrogen-bond acceptors (Lipinski definition) is 5. The minimum absolute atomic E-state index is 0. The number of hydrogen-bond donors (Lipinski definition) is 2. The van der Waals surface area contributed by atoms with Gasteiger partial charge in [-0.05, 0) is 66.8 Å². The minimum Gasteiger partial charge on any atom is -0.485 e. The van der Waals surface area contributed by atoms with E-state index < -0.39 is 0 Å². The number of H-pyrrole nitrogens is 1. The van der Waals surface area contributed by atoms with Gasteiger partial charge in [-0.15, -0.1) is 22.6 Å². The van der Waals surface area contributed by atoms with Gasteiger partial charge in [-0.1, -0.05) is 47.7 Å². The van der Waals surface area contributed by atoms with Crippen molar-refractivity contribution in [2.75, 3.05) is 0 Å². The molecule has 172 valence electrons.